The summed E-state index contributed by atoms with van der Waals surface area (Å²) in [6, 6.07) is 2.16. The molecule has 7 heteroatoms. The van der Waals surface area contributed by atoms with Crippen LogP contribution in [0.3, 0.4) is 0 Å². The maximum Gasteiger partial charge on any atom is 0.419 e. The van der Waals surface area contributed by atoms with Gasteiger partial charge < -0.3 is 9.64 Å². The van der Waals surface area contributed by atoms with E-state index in [1.807, 2.05) is 0 Å². The van der Waals surface area contributed by atoms with Crippen LogP contribution < -0.4 is 4.90 Å². The standard InChI is InChI=1S/C12H15F3N2O2/c1-3-7-17(8-10(18)19-2)11-9(12(13,14)15)5-4-6-16-11/h4-6H,3,7-8H2,1-2H3. The lowest BCUT2D eigenvalue weighted by Crippen LogP contribution is -2.33. The van der Waals surface area contributed by atoms with Crippen molar-refractivity contribution in [2.75, 3.05) is 25.1 Å². The first-order valence-electron chi connectivity index (χ1n) is 5.74. The summed E-state index contributed by atoms with van der Waals surface area (Å²) < 4.78 is 43.1. The van der Waals surface area contributed by atoms with Gasteiger partial charge in [-0.25, -0.2) is 4.98 Å². The third-order valence-corrected chi connectivity index (χ3v) is 2.43. The second-order valence-electron chi connectivity index (χ2n) is 3.87. The monoisotopic (exact) mass is 276 g/mol. The normalized spacial score (nSPS) is 11.2. The highest BCUT2D eigenvalue weighted by atomic mass is 19.4. The highest BCUT2D eigenvalue weighted by molar-refractivity contribution is 5.75. The van der Waals surface area contributed by atoms with Crippen LogP contribution in [0, 0.1) is 0 Å². The molecule has 1 heterocycles. The molecule has 1 aromatic rings. The fourth-order valence-electron chi connectivity index (χ4n) is 1.62. The number of pyridine rings is 1. The van der Waals surface area contributed by atoms with E-state index < -0.39 is 17.7 Å². The van der Waals surface area contributed by atoms with Gasteiger partial charge in [0.05, 0.1) is 12.7 Å². The third kappa shape index (κ3) is 4.11. The van der Waals surface area contributed by atoms with Crippen molar-refractivity contribution >= 4 is 11.8 Å². The van der Waals surface area contributed by atoms with Crippen LogP contribution in [0.5, 0.6) is 0 Å². The van der Waals surface area contributed by atoms with E-state index >= 15 is 0 Å². The van der Waals surface area contributed by atoms with Crippen molar-refractivity contribution in [3.05, 3.63) is 23.9 Å². The van der Waals surface area contributed by atoms with Gasteiger partial charge >= 0.3 is 12.1 Å². The fraction of sp³-hybridized carbons (Fsp3) is 0.500. The zero-order valence-corrected chi connectivity index (χ0v) is 10.7. The van der Waals surface area contributed by atoms with Gasteiger partial charge in [-0.05, 0) is 18.6 Å². The van der Waals surface area contributed by atoms with Gasteiger partial charge in [0.25, 0.3) is 0 Å². The minimum atomic E-state index is -4.51. The number of hydrogen-bond donors (Lipinski definition) is 0. The lowest BCUT2D eigenvalue weighted by molar-refractivity contribution is -0.140. The third-order valence-electron chi connectivity index (χ3n) is 2.43. The average molecular weight is 276 g/mol. The first kappa shape index (κ1) is 15.3. The van der Waals surface area contributed by atoms with Crippen molar-refractivity contribution in [3.8, 4) is 0 Å². The van der Waals surface area contributed by atoms with Crippen LogP contribution in [0.4, 0.5) is 19.0 Å². The Morgan fingerprint density at radius 1 is 1.47 bits per heavy atom. The van der Waals surface area contributed by atoms with Crippen molar-refractivity contribution < 1.29 is 22.7 Å². The summed E-state index contributed by atoms with van der Waals surface area (Å²) in [6.45, 7) is 1.83. The van der Waals surface area contributed by atoms with E-state index in [0.29, 0.717) is 6.42 Å². The van der Waals surface area contributed by atoms with Crippen molar-refractivity contribution in [2.45, 2.75) is 19.5 Å². The zero-order chi connectivity index (χ0) is 14.5. The van der Waals surface area contributed by atoms with E-state index in [0.717, 1.165) is 6.07 Å². The zero-order valence-electron chi connectivity index (χ0n) is 10.7. The van der Waals surface area contributed by atoms with Crippen LogP contribution in [0.15, 0.2) is 18.3 Å². The second kappa shape index (κ2) is 6.40. The Bertz CT molecular complexity index is 435. The first-order chi connectivity index (χ1) is 8.90. The van der Waals surface area contributed by atoms with E-state index in [4.69, 9.17) is 0 Å². The van der Waals surface area contributed by atoms with Crippen LogP contribution in [0.25, 0.3) is 0 Å². The molecule has 1 aromatic heterocycles. The summed E-state index contributed by atoms with van der Waals surface area (Å²) in [7, 11) is 1.19. The van der Waals surface area contributed by atoms with E-state index in [2.05, 4.69) is 9.72 Å². The molecule has 0 unspecified atom stereocenters. The molecule has 0 spiro atoms. The number of methoxy groups -OCH3 is 1. The number of esters is 1. The molecule has 0 saturated heterocycles. The lowest BCUT2D eigenvalue weighted by atomic mass is 10.2. The van der Waals surface area contributed by atoms with Gasteiger partial charge in [0.15, 0.2) is 0 Å². The van der Waals surface area contributed by atoms with E-state index in [1.54, 1.807) is 6.92 Å². The molecule has 0 bridgehead atoms. The second-order valence-corrected chi connectivity index (χ2v) is 3.87. The number of alkyl halides is 3. The van der Waals surface area contributed by atoms with Crippen LogP contribution >= 0.6 is 0 Å². The van der Waals surface area contributed by atoms with Gasteiger partial charge in [-0.1, -0.05) is 6.92 Å². The molecule has 0 radical (unpaired) electrons. The number of nitrogens with zero attached hydrogens (tertiary/aromatic N) is 2. The molecule has 0 fully saturated rings. The van der Waals surface area contributed by atoms with Crippen molar-refractivity contribution in [3.63, 3.8) is 0 Å². The molecule has 0 saturated carbocycles. The van der Waals surface area contributed by atoms with Crippen LogP contribution in [0.2, 0.25) is 0 Å². The van der Waals surface area contributed by atoms with E-state index in [-0.39, 0.29) is 18.9 Å². The summed E-state index contributed by atoms with van der Waals surface area (Å²) in [5, 5.41) is 0. The fourth-order valence-corrected chi connectivity index (χ4v) is 1.62. The highest BCUT2D eigenvalue weighted by Crippen LogP contribution is 2.35. The molecule has 1 rings (SSSR count). The van der Waals surface area contributed by atoms with E-state index in [9.17, 15) is 18.0 Å². The summed E-state index contributed by atoms with van der Waals surface area (Å²) in [6.07, 6.45) is -2.65. The Morgan fingerprint density at radius 2 is 2.16 bits per heavy atom. The SMILES string of the molecule is CCCN(CC(=O)OC)c1ncccc1C(F)(F)F. The highest BCUT2D eigenvalue weighted by Gasteiger charge is 2.35. The average Bonchev–Trinajstić information content (AvgIpc) is 2.37. The molecule has 0 aliphatic heterocycles. The number of ether oxygens (including phenoxy) is 1. The number of anilines is 1. The smallest absolute Gasteiger partial charge is 0.419 e. The Kier molecular flexibility index (Phi) is 5.14. The van der Waals surface area contributed by atoms with Crippen LogP contribution in [-0.4, -0.2) is 31.2 Å². The Balaban J connectivity index is 3.12. The van der Waals surface area contributed by atoms with Crippen molar-refractivity contribution in [1.82, 2.24) is 4.98 Å². The number of carbonyl (C=O) groups is 1. The number of rotatable bonds is 5. The van der Waals surface area contributed by atoms with Crippen molar-refractivity contribution in [2.24, 2.45) is 0 Å². The molecule has 0 aliphatic carbocycles. The number of halogens is 3. The topological polar surface area (TPSA) is 42.4 Å². The summed E-state index contributed by atoms with van der Waals surface area (Å²) in [4.78, 5) is 16.3. The maximum atomic E-state index is 12.9. The molecule has 0 amide bonds. The predicted molar refractivity (Wildman–Crippen MR) is 63.8 cm³/mol. The number of aromatic nitrogens is 1. The Morgan fingerprint density at radius 3 is 2.68 bits per heavy atom. The van der Waals surface area contributed by atoms with Crippen LogP contribution in [0.1, 0.15) is 18.9 Å². The Hall–Kier alpha value is -1.79. The van der Waals surface area contributed by atoms with Gasteiger partial charge in [0.1, 0.15) is 12.4 Å². The van der Waals surface area contributed by atoms with Gasteiger partial charge in [0, 0.05) is 12.7 Å². The van der Waals surface area contributed by atoms with Gasteiger partial charge in [-0.15, -0.1) is 0 Å². The van der Waals surface area contributed by atoms with Gasteiger partial charge in [-0.2, -0.15) is 13.2 Å². The quantitative estimate of drug-likeness (QED) is 0.775. The molecule has 19 heavy (non-hydrogen) atoms. The largest absolute Gasteiger partial charge is 0.468 e. The van der Waals surface area contributed by atoms with E-state index in [1.165, 1.54) is 24.3 Å². The predicted octanol–water partition coefficient (Wildman–Crippen LogP) is 2.49. The molecular weight excluding hydrogens is 261 g/mol. The first-order valence-corrected chi connectivity index (χ1v) is 5.74. The number of carbonyl (C=O) groups excluding carboxylic acids is 1. The van der Waals surface area contributed by atoms with Crippen molar-refractivity contribution in [1.29, 1.82) is 0 Å². The van der Waals surface area contributed by atoms with Gasteiger partial charge in [0.2, 0.25) is 0 Å². The minimum absolute atomic E-state index is 0.248. The molecule has 0 aromatic carbocycles. The lowest BCUT2D eigenvalue weighted by Gasteiger charge is -2.24. The molecule has 106 valence electrons. The molecule has 0 aliphatic rings. The Labute approximate surface area is 109 Å². The minimum Gasteiger partial charge on any atom is -0.468 e. The molecular formula is C12H15F3N2O2. The summed E-state index contributed by atoms with van der Waals surface area (Å²) >= 11 is 0. The molecule has 0 atom stereocenters. The van der Waals surface area contributed by atoms with Crippen LogP contribution in [-0.2, 0) is 15.7 Å². The molecule has 4 nitrogen and oxygen atoms in total. The number of hydrogen-bond acceptors (Lipinski definition) is 4. The van der Waals surface area contributed by atoms with Gasteiger partial charge in [-0.3, -0.25) is 4.79 Å². The molecule has 0 N–H and O–H groups in total. The summed E-state index contributed by atoms with van der Waals surface area (Å²) in [5.74, 6) is -0.852. The maximum absolute atomic E-state index is 12.9. The summed E-state index contributed by atoms with van der Waals surface area (Å²) in [5.41, 5.74) is -0.854.